The van der Waals surface area contributed by atoms with Crippen LogP contribution in [0.25, 0.3) is 33.1 Å². The van der Waals surface area contributed by atoms with E-state index < -0.39 is 10.0 Å². The molecule has 10 heteroatoms. The normalized spacial score (nSPS) is 12.1. The molecule has 4 aromatic rings. The number of imidazole rings is 1. The van der Waals surface area contributed by atoms with Crippen molar-refractivity contribution >= 4 is 37.8 Å². The molecule has 0 bridgehead atoms. The van der Waals surface area contributed by atoms with Gasteiger partial charge in [0.25, 0.3) is 0 Å². The number of sulfonamides is 1. The summed E-state index contributed by atoms with van der Waals surface area (Å²) in [5, 5.41) is 0.963. The highest BCUT2D eigenvalue weighted by atomic mass is 32.2. The Hall–Kier alpha value is -3.08. The van der Waals surface area contributed by atoms with E-state index in [1.807, 2.05) is 31.3 Å². The maximum atomic E-state index is 11.7. The van der Waals surface area contributed by atoms with Crippen LogP contribution in [-0.2, 0) is 27.9 Å². The number of nitrogens with two attached hydrogens (primary N) is 1. The summed E-state index contributed by atoms with van der Waals surface area (Å²) >= 11 is 0. The number of anilines is 1. The minimum Gasteiger partial charge on any atom is -0.382 e. The van der Waals surface area contributed by atoms with Crippen LogP contribution in [0, 0.1) is 0 Å². The highest BCUT2D eigenvalue weighted by Crippen LogP contribution is 2.32. The number of nitrogens with zero attached hydrogens (tertiary/aromatic N) is 4. The van der Waals surface area contributed by atoms with E-state index in [2.05, 4.69) is 31.4 Å². The van der Waals surface area contributed by atoms with E-state index >= 15 is 0 Å². The van der Waals surface area contributed by atoms with Crippen molar-refractivity contribution in [1.29, 1.82) is 0 Å². The third-order valence-electron chi connectivity index (χ3n) is 5.82. The number of aromatic nitrogens is 4. The Morgan fingerprint density at radius 1 is 1.12 bits per heavy atom. The third kappa shape index (κ3) is 5.19. The fraction of sp³-hybridized carbons (Fsp3) is 0.375. The summed E-state index contributed by atoms with van der Waals surface area (Å²) in [7, 11) is -1.75. The number of hydrogen-bond acceptors (Lipinski definition) is 7. The number of hydrogen-bond donors (Lipinski definition) is 2. The van der Waals surface area contributed by atoms with Crippen molar-refractivity contribution in [3.63, 3.8) is 0 Å². The van der Waals surface area contributed by atoms with Gasteiger partial charge in [-0.2, -0.15) is 0 Å². The van der Waals surface area contributed by atoms with Crippen LogP contribution in [0.3, 0.4) is 0 Å². The Kier molecular flexibility index (Phi) is 7.40. The van der Waals surface area contributed by atoms with E-state index in [1.165, 1.54) is 7.05 Å². The Labute approximate surface area is 199 Å². The van der Waals surface area contributed by atoms with Gasteiger partial charge in [-0.1, -0.05) is 24.6 Å². The van der Waals surface area contributed by atoms with Crippen molar-refractivity contribution in [1.82, 2.24) is 24.2 Å². The van der Waals surface area contributed by atoms with Gasteiger partial charge in [0.2, 0.25) is 10.0 Å². The van der Waals surface area contributed by atoms with Gasteiger partial charge in [-0.3, -0.25) is 4.98 Å². The molecule has 3 heterocycles. The van der Waals surface area contributed by atoms with Gasteiger partial charge in [-0.25, -0.2) is 23.1 Å². The fourth-order valence-corrected chi connectivity index (χ4v) is 4.84. The van der Waals surface area contributed by atoms with Crippen LogP contribution < -0.4 is 10.5 Å². The molecule has 0 fully saturated rings. The van der Waals surface area contributed by atoms with Crippen molar-refractivity contribution in [2.75, 3.05) is 25.1 Å². The number of benzene rings is 1. The van der Waals surface area contributed by atoms with Gasteiger partial charge < -0.3 is 15.0 Å². The van der Waals surface area contributed by atoms with E-state index in [0.717, 1.165) is 46.2 Å². The zero-order valence-electron chi connectivity index (χ0n) is 19.5. The van der Waals surface area contributed by atoms with Crippen LogP contribution in [0.5, 0.6) is 0 Å². The van der Waals surface area contributed by atoms with Crippen LogP contribution in [0.1, 0.15) is 32.0 Å². The van der Waals surface area contributed by atoms with Gasteiger partial charge in [-0.15, -0.1) is 0 Å². The molecule has 4 rings (SSSR count). The highest BCUT2D eigenvalue weighted by molar-refractivity contribution is 7.89. The van der Waals surface area contributed by atoms with Crippen molar-refractivity contribution in [2.24, 2.45) is 0 Å². The van der Waals surface area contributed by atoms with Gasteiger partial charge >= 0.3 is 0 Å². The lowest BCUT2D eigenvalue weighted by Gasteiger charge is -2.12. The van der Waals surface area contributed by atoms with Gasteiger partial charge in [0.1, 0.15) is 17.9 Å². The number of unbranched alkanes of at least 4 members (excludes halogenated alkanes) is 2. The number of nitrogen functional groups attached to an aromatic ring is 1. The number of pyridine rings is 2. The molecule has 34 heavy (non-hydrogen) atoms. The number of aryl methyl sites for hydroxylation is 1. The standard InChI is InChI=1S/C24H30N6O3S/c1-3-33-16-21-29-22-23(30(21)12-5-4-6-13-34(31,32)26-2)19-10-9-17(14-20(19)28-24(22)25)18-8-7-11-27-15-18/h7-11,14-15,26H,3-6,12-13,16H2,1-2H3,(H2,25,28). The smallest absolute Gasteiger partial charge is 0.211 e. The van der Waals surface area contributed by atoms with E-state index in [4.69, 9.17) is 15.5 Å². The first-order valence-electron chi connectivity index (χ1n) is 11.4. The second-order valence-electron chi connectivity index (χ2n) is 8.07. The first kappa shape index (κ1) is 24.1. The van der Waals surface area contributed by atoms with Crippen molar-refractivity contribution < 1.29 is 13.2 Å². The number of ether oxygens (including phenoxy) is 1. The Morgan fingerprint density at radius 2 is 1.97 bits per heavy atom. The largest absolute Gasteiger partial charge is 0.382 e. The first-order valence-corrected chi connectivity index (χ1v) is 13.1. The van der Waals surface area contributed by atoms with Crippen molar-refractivity contribution in [2.45, 2.75) is 39.3 Å². The van der Waals surface area contributed by atoms with Crippen LogP contribution in [0.2, 0.25) is 0 Å². The molecule has 0 amide bonds. The molecule has 180 valence electrons. The van der Waals surface area contributed by atoms with Gasteiger partial charge in [0.15, 0.2) is 5.82 Å². The third-order valence-corrected chi connectivity index (χ3v) is 7.27. The zero-order chi connectivity index (χ0) is 24.1. The first-order chi connectivity index (χ1) is 16.4. The average Bonchev–Trinajstić information content (AvgIpc) is 3.22. The summed E-state index contributed by atoms with van der Waals surface area (Å²) in [4.78, 5) is 13.6. The van der Waals surface area contributed by atoms with Crippen LogP contribution in [-0.4, -0.2) is 47.3 Å². The summed E-state index contributed by atoms with van der Waals surface area (Å²) in [6.07, 6.45) is 5.74. The summed E-state index contributed by atoms with van der Waals surface area (Å²) < 4.78 is 33.5. The Balaban J connectivity index is 1.70. The number of rotatable bonds is 11. The van der Waals surface area contributed by atoms with Crippen LogP contribution in [0.4, 0.5) is 5.82 Å². The molecule has 3 aromatic heterocycles. The van der Waals surface area contributed by atoms with E-state index in [0.29, 0.717) is 37.5 Å². The molecule has 0 aliphatic carbocycles. The maximum absolute atomic E-state index is 11.7. The Bertz CT molecular complexity index is 1390. The highest BCUT2D eigenvalue weighted by Gasteiger charge is 2.18. The molecular weight excluding hydrogens is 452 g/mol. The fourth-order valence-electron chi connectivity index (χ4n) is 4.06. The SMILES string of the molecule is CCOCc1nc2c(N)nc3cc(-c4cccnc4)ccc3c2n1CCCCCS(=O)(=O)NC. The zero-order valence-corrected chi connectivity index (χ0v) is 20.3. The van der Waals surface area contributed by atoms with Gasteiger partial charge in [-0.05, 0) is 44.5 Å². The predicted octanol–water partition coefficient (Wildman–Crippen LogP) is 3.48. The molecule has 3 N–H and O–H groups in total. The van der Waals surface area contributed by atoms with Crippen molar-refractivity contribution in [3.05, 3.63) is 48.5 Å². The second-order valence-corrected chi connectivity index (χ2v) is 10.1. The van der Waals surface area contributed by atoms with Gasteiger partial charge in [0, 0.05) is 36.5 Å². The number of fused-ring (bicyclic) bond motifs is 3. The summed E-state index contributed by atoms with van der Waals surface area (Å²) in [6, 6.07) is 10.0. The van der Waals surface area contributed by atoms with Crippen LogP contribution >= 0.6 is 0 Å². The lowest BCUT2D eigenvalue weighted by molar-refractivity contribution is 0.126. The molecule has 0 aliphatic rings. The lowest BCUT2D eigenvalue weighted by Crippen LogP contribution is -2.21. The maximum Gasteiger partial charge on any atom is 0.211 e. The predicted molar refractivity (Wildman–Crippen MR) is 135 cm³/mol. The lowest BCUT2D eigenvalue weighted by atomic mass is 10.0. The topological polar surface area (TPSA) is 125 Å². The van der Waals surface area contributed by atoms with E-state index in [1.54, 1.807) is 6.20 Å². The molecule has 0 saturated carbocycles. The summed E-state index contributed by atoms with van der Waals surface area (Å²) in [5.74, 6) is 1.29. The molecule has 0 spiro atoms. The molecule has 1 aromatic carbocycles. The summed E-state index contributed by atoms with van der Waals surface area (Å²) in [5.41, 5.74) is 10.7. The Morgan fingerprint density at radius 3 is 2.71 bits per heavy atom. The van der Waals surface area contributed by atoms with E-state index in [-0.39, 0.29) is 5.75 Å². The quantitative estimate of drug-likeness (QED) is 0.314. The minimum absolute atomic E-state index is 0.122. The number of nitrogens with one attached hydrogen (secondary N) is 1. The van der Waals surface area contributed by atoms with Gasteiger partial charge in [0.05, 0.1) is 16.8 Å². The van der Waals surface area contributed by atoms with Crippen molar-refractivity contribution in [3.8, 4) is 11.1 Å². The molecule has 0 radical (unpaired) electrons. The molecule has 9 nitrogen and oxygen atoms in total. The molecule has 0 aliphatic heterocycles. The monoisotopic (exact) mass is 482 g/mol. The average molecular weight is 483 g/mol. The summed E-state index contributed by atoms with van der Waals surface area (Å²) in [6.45, 7) is 3.57. The van der Waals surface area contributed by atoms with E-state index in [9.17, 15) is 8.42 Å². The molecule has 0 unspecified atom stereocenters. The molecular formula is C24H30N6O3S. The second kappa shape index (κ2) is 10.5. The molecule has 0 saturated heterocycles. The van der Waals surface area contributed by atoms with Crippen LogP contribution in [0.15, 0.2) is 42.7 Å². The molecule has 0 atom stereocenters. The minimum atomic E-state index is -3.19.